The molecule has 3 aliphatic rings. The van der Waals surface area contributed by atoms with Crippen LogP contribution in [0.2, 0.25) is 0 Å². The van der Waals surface area contributed by atoms with Crippen molar-refractivity contribution in [3.05, 3.63) is 11.6 Å². The first-order valence-electron chi connectivity index (χ1n) is 6.27. The topological polar surface area (TPSA) is 45.1 Å². The predicted octanol–water partition coefficient (Wildman–Crippen LogP) is 0.880. The van der Waals surface area contributed by atoms with Crippen LogP contribution in [0.1, 0.15) is 12.8 Å². The van der Waals surface area contributed by atoms with E-state index in [2.05, 4.69) is 9.89 Å². The number of thioether (sulfide) groups is 1. The second-order valence-electron chi connectivity index (χ2n) is 4.81. The minimum Gasteiger partial charge on any atom is -0.474 e. The van der Waals surface area contributed by atoms with E-state index in [9.17, 15) is 4.79 Å². The van der Waals surface area contributed by atoms with Crippen LogP contribution >= 0.6 is 11.8 Å². The lowest BCUT2D eigenvalue weighted by Gasteiger charge is -2.29. The molecule has 3 rings (SSSR count). The highest BCUT2D eigenvalue weighted by molar-refractivity contribution is 8.02. The number of hydrogen-bond acceptors (Lipinski definition) is 5. The summed E-state index contributed by atoms with van der Waals surface area (Å²) in [7, 11) is 2.00. The summed E-state index contributed by atoms with van der Waals surface area (Å²) in [6.07, 6.45) is 5.48. The molecule has 3 heterocycles. The third-order valence-electron chi connectivity index (χ3n) is 3.62. The SMILES string of the molecule is CN1C=CSC1C1OC=NC1C(=O)N1CCCC1. The number of amides is 1. The van der Waals surface area contributed by atoms with Crippen molar-refractivity contribution in [3.63, 3.8) is 0 Å². The van der Waals surface area contributed by atoms with Crippen molar-refractivity contribution in [1.82, 2.24) is 9.80 Å². The smallest absolute Gasteiger partial charge is 0.251 e. The molecule has 0 spiro atoms. The van der Waals surface area contributed by atoms with E-state index in [4.69, 9.17) is 4.74 Å². The van der Waals surface area contributed by atoms with Gasteiger partial charge in [0.2, 0.25) is 0 Å². The third-order valence-corrected chi connectivity index (χ3v) is 4.78. The molecule has 6 heteroatoms. The summed E-state index contributed by atoms with van der Waals surface area (Å²) in [6.45, 7) is 1.73. The molecular formula is C12H17N3O2S. The molecule has 1 amide bonds. The van der Waals surface area contributed by atoms with Crippen LogP contribution < -0.4 is 0 Å². The van der Waals surface area contributed by atoms with E-state index in [1.165, 1.54) is 6.40 Å². The Kier molecular flexibility index (Phi) is 3.20. The van der Waals surface area contributed by atoms with Crippen molar-refractivity contribution < 1.29 is 9.53 Å². The van der Waals surface area contributed by atoms with Gasteiger partial charge in [-0.05, 0) is 18.2 Å². The molecule has 1 saturated heterocycles. The number of likely N-dealkylation sites (N-methyl/N-ethyl adjacent to an activating group) is 1. The summed E-state index contributed by atoms with van der Waals surface area (Å²) in [5, 5.41) is 2.17. The van der Waals surface area contributed by atoms with Crippen LogP contribution in [-0.4, -0.2) is 59.8 Å². The fraction of sp³-hybridized carbons (Fsp3) is 0.667. The number of carbonyl (C=O) groups is 1. The highest BCUT2D eigenvalue weighted by Crippen LogP contribution is 2.32. The van der Waals surface area contributed by atoms with Gasteiger partial charge >= 0.3 is 0 Å². The molecule has 0 aromatic heterocycles. The second kappa shape index (κ2) is 4.84. The molecule has 98 valence electrons. The van der Waals surface area contributed by atoms with E-state index in [1.807, 2.05) is 23.6 Å². The first kappa shape index (κ1) is 11.9. The lowest BCUT2D eigenvalue weighted by Crippen LogP contribution is -2.47. The van der Waals surface area contributed by atoms with E-state index < -0.39 is 0 Å². The van der Waals surface area contributed by atoms with Crippen molar-refractivity contribution >= 4 is 24.1 Å². The normalized spacial score (nSPS) is 34.4. The number of carbonyl (C=O) groups excluding carboxylic acids is 1. The molecule has 5 nitrogen and oxygen atoms in total. The van der Waals surface area contributed by atoms with Gasteiger partial charge in [-0.1, -0.05) is 0 Å². The van der Waals surface area contributed by atoms with Crippen LogP contribution in [0.3, 0.4) is 0 Å². The molecule has 0 aromatic carbocycles. The number of hydrogen-bond donors (Lipinski definition) is 0. The molecule has 0 radical (unpaired) electrons. The van der Waals surface area contributed by atoms with Crippen molar-refractivity contribution in [2.24, 2.45) is 4.99 Å². The molecule has 18 heavy (non-hydrogen) atoms. The fourth-order valence-electron chi connectivity index (χ4n) is 2.58. The first-order chi connectivity index (χ1) is 8.77. The molecule has 0 aliphatic carbocycles. The van der Waals surface area contributed by atoms with E-state index in [0.29, 0.717) is 0 Å². The summed E-state index contributed by atoms with van der Waals surface area (Å²) in [4.78, 5) is 20.6. The molecule has 3 unspecified atom stereocenters. The summed E-state index contributed by atoms with van der Waals surface area (Å²) in [5.41, 5.74) is 0. The number of nitrogens with zero attached hydrogens (tertiary/aromatic N) is 3. The summed E-state index contributed by atoms with van der Waals surface area (Å²) in [6, 6.07) is -0.372. The Morgan fingerprint density at radius 2 is 2.22 bits per heavy atom. The number of rotatable bonds is 2. The van der Waals surface area contributed by atoms with Gasteiger partial charge in [0.15, 0.2) is 18.5 Å². The van der Waals surface area contributed by atoms with Gasteiger partial charge < -0.3 is 14.5 Å². The van der Waals surface area contributed by atoms with Gasteiger partial charge in [0.1, 0.15) is 5.37 Å². The molecule has 3 atom stereocenters. The Bertz CT molecular complexity index is 393. The van der Waals surface area contributed by atoms with E-state index in [0.717, 1.165) is 25.9 Å². The van der Waals surface area contributed by atoms with Gasteiger partial charge in [-0.3, -0.25) is 4.79 Å². The Hall–Kier alpha value is -1.17. The molecule has 3 aliphatic heterocycles. The minimum absolute atomic E-state index is 0.118. The maximum absolute atomic E-state index is 12.4. The van der Waals surface area contributed by atoms with Gasteiger partial charge in [-0.15, -0.1) is 11.8 Å². The van der Waals surface area contributed by atoms with Crippen LogP contribution in [-0.2, 0) is 9.53 Å². The molecule has 0 aromatic rings. The quantitative estimate of drug-likeness (QED) is 0.745. The summed E-state index contributed by atoms with van der Waals surface area (Å²) in [5.74, 6) is 0.118. The van der Waals surface area contributed by atoms with Crippen LogP contribution in [0.15, 0.2) is 16.6 Å². The average Bonchev–Trinajstić information content (AvgIpc) is 3.09. The van der Waals surface area contributed by atoms with E-state index in [1.54, 1.807) is 11.8 Å². The monoisotopic (exact) mass is 267 g/mol. The largest absolute Gasteiger partial charge is 0.474 e. The standard InChI is InChI=1S/C12H17N3O2S/c1-14-6-7-18-12(14)10-9(13-8-17-10)11(16)15-4-2-3-5-15/h6-10,12H,2-5H2,1H3. The van der Waals surface area contributed by atoms with Crippen molar-refractivity contribution in [1.29, 1.82) is 0 Å². The number of ether oxygens (including phenoxy) is 1. The van der Waals surface area contributed by atoms with Crippen molar-refractivity contribution in [2.45, 2.75) is 30.4 Å². The third kappa shape index (κ3) is 1.98. The fourth-order valence-corrected chi connectivity index (χ4v) is 3.64. The van der Waals surface area contributed by atoms with Gasteiger partial charge in [0, 0.05) is 26.3 Å². The molecule has 0 saturated carbocycles. The van der Waals surface area contributed by atoms with Gasteiger partial charge in [-0.25, -0.2) is 4.99 Å². The zero-order valence-electron chi connectivity index (χ0n) is 10.4. The highest BCUT2D eigenvalue weighted by Gasteiger charge is 2.43. The minimum atomic E-state index is -0.372. The van der Waals surface area contributed by atoms with Crippen molar-refractivity contribution in [3.8, 4) is 0 Å². The van der Waals surface area contributed by atoms with Crippen molar-refractivity contribution in [2.75, 3.05) is 20.1 Å². The Morgan fingerprint density at radius 3 is 2.89 bits per heavy atom. The second-order valence-corrected chi connectivity index (χ2v) is 5.84. The first-order valence-corrected chi connectivity index (χ1v) is 7.21. The predicted molar refractivity (Wildman–Crippen MR) is 71.2 cm³/mol. The average molecular weight is 267 g/mol. The molecular weight excluding hydrogens is 250 g/mol. The van der Waals surface area contributed by atoms with Crippen LogP contribution in [0.25, 0.3) is 0 Å². The lowest BCUT2D eigenvalue weighted by atomic mass is 10.1. The Labute approximate surface area is 111 Å². The van der Waals surface area contributed by atoms with Crippen LogP contribution in [0.4, 0.5) is 0 Å². The Balaban J connectivity index is 1.70. The molecule has 0 bridgehead atoms. The van der Waals surface area contributed by atoms with Crippen LogP contribution in [0, 0.1) is 0 Å². The van der Waals surface area contributed by atoms with Crippen LogP contribution in [0.5, 0.6) is 0 Å². The number of aliphatic imine (C=N–C) groups is 1. The summed E-state index contributed by atoms with van der Waals surface area (Å²) >= 11 is 1.68. The molecule has 0 N–H and O–H groups in total. The van der Waals surface area contributed by atoms with Gasteiger partial charge in [0.25, 0.3) is 5.91 Å². The van der Waals surface area contributed by atoms with E-state index >= 15 is 0 Å². The molecule has 1 fully saturated rings. The zero-order valence-corrected chi connectivity index (χ0v) is 11.2. The van der Waals surface area contributed by atoms with Gasteiger partial charge in [0.05, 0.1) is 0 Å². The summed E-state index contributed by atoms with van der Waals surface area (Å²) < 4.78 is 5.56. The lowest BCUT2D eigenvalue weighted by molar-refractivity contribution is -0.133. The number of likely N-dealkylation sites (tertiary alicyclic amines) is 1. The zero-order chi connectivity index (χ0) is 12.5. The highest BCUT2D eigenvalue weighted by atomic mass is 32.2. The maximum Gasteiger partial charge on any atom is 0.251 e. The maximum atomic E-state index is 12.4. The van der Waals surface area contributed by atoms with Gasteiger partial charge in [-0.2, -0.15) is 0 Å². The van der Waals surface area contributed by atoms with E-state index in [-0.39, 0.29) is 23.4 Å². The Morgan fingerprint density at radius 1 is 1.44 bits per heavy atom.